The molecule has 0 aromatic heterocycles. The van der Waals surface area contributed by atoms with Gasteiger partial charge in [0.05, 0.1) is 6.61 Å². The smallest absolute Gasteiger partial charge is 0.409 e. The number of amides is 1. The van der Waals surface area contributed by atoms with Gasteiger partial charge in [-0.25, -0.2) is 4.79 Å². The highest BCUT2D eigenvalue weighted by atomic mass is 127. The second kappa shape index (κ2) is 12.6. The predicted molar refractivity (Wildman–Crippen MR) is 118 cm³/mol. The Morgan fingerprint density at radius 2 is 1.88 bits per heavy atom. The number of aliphatic imine (C=N–C) groups is 1. The van der Waals surface area contributed by atoms with Crippen LogP contribution < -0.4 is 10.6 Å². The van der Waals surface area contributed by atoms with Gasteiger partial charge in [-0.1, -0.05) is 13.8 Å². The van der Waals surface area contributed by atoms with Gasteiger partial charge in [0.15, 0.2) is 5.96 Å². The van der Waals surface area contributed by atoms with E-state index in [1.165, 1.54) is 0 Å². The molecule has 1 fully saturated rings. The van der Waals surface area contributed by atoms with Crippen molar-refractivity contribution in [2.45, 2.75) is 46.6 Å². The van der Waals surface area contributed by atoms with Gasteiger partial charge in [-0.05, 0) is 46.2 Å². The molecule has 1 aliphatic rings. The maximum atomic E-state index is 11.8. The zero-order valence-electron chi connectivity index (χ0n) is 17.3. The van der Waals surface area contributed by atoms with Crippen LogP contribution in [-0.4, -0.2) is 81.3 Å². The van der Waals surface area contributed by atoms with Gasteiger partial charge in [-0.2, -0.15) is 0 Å². The third-order valence-corrected chi connectivity index (χ3v) is 4.12. The molecule has 26 heavy (non-hydrogen) atoms. The van der Waals surface area contributed by atoms with Gasteiger partial charge in [-0.15, -0.1) is 24.0 Å². The Labute approximate surface area is 176 Å². The molecule has 8 heteroatoms. The number of likely N-dealkylation sites (tertiary alicyclic amines) is 1. The van der Waals surface area contributed by atoms with Crippen molar-refractivity contribution in [1.29, 1.82) is 0 Å². The van der Waals surface area contributed by atoms with E-state index in [1.807, 2.05) is 6.92 Å². The first-order valence-electron chi connectivity index (χ1n) is 9.38. The van der Waals surface area contributed by atoms with E-state index in [4.69, 9.17) is 9.73 Å². The molecule has 1 amide bonds. The summed E-state index contributed by atoms with van der Waals surface area (Å²) in [6, 6.07) is 0.334. The molecule has 1 rings (SSSR count). The van der Waals surface area contributed by atoms with E-state index in [0.717, 1.165) is 51.5 Å². The standard InChI is InChI=1S/C18H37N5O2.HI/c1-7-19-16(20-13-18(3,4)14-22(5)6)21-15-9-11-23(12-10-15)17(24)25-8-2;/h15H,7-14H2,1-6H3,(H2,19,20,21);1H. The topological polar surface area (TPSA) is 69.2 Å². The molecule has 0 aliphatic carbocycles. The van der Waals surface area contributed by atoms with Crippen molar-refractivity contribution >= 4 is 36.0 Å². The molecule has 2 N–H and O–H groups in total. The lowest BCUT2D eigenvalue weighted by atomic mass is 9.93. The Kier molecular flexibility index (Phi) is 12.2. The Morgan fingerprint density at radius 3 is 2.38 bits per heavy atom. The van der Waals surface area contributed by atoms with Crippen LogP contribution in [0.3, 0.4) is 0 Å². The molecule has 154 valence electrons. The van der Waals surface area contributed by atoms with E-state index in [-0.39, 0.29) is 35.5 Å². The summed E-state index contributed by atoms with van der Waals surface area (Å²) in [4.78, 5) is 20.5. The van der Waals surface area contributed by atoms with Crippen molar-refractivity contribution in [2.24, 2.45) is 10.4 Å². The van der Waals surface area contributed by atoms with Crippen LogP contribution in [0.4, 0.5) is 4.79 Å². The van der Waals surface area contributed by atoms with Crippen molar-refractivity contribution < 1.29 is 9.53 Å². The Balaban J connectivity index is 0.00000625. The van der Waals surface area contributed by atoms with E-state index < -0.39 is 0 Å². The van der Waals surface area contributed by atoms with Gasteiger partial charge < -0.3 is 25.2 Å². The zero-order chi connectivity index (χ0) is 18.9. The summed E-state index contributed by atoms with van der Waals surface area (Å²) in [5.74, 6) is 0.865. The average molecular weight is 483 g/mol. The molecule has 0 radical (unpaired) electrons. The van der Waals surface area contributed by atoms with Crippen molar-refractivity contribution in [3.05, 3.63) is 0 Å². The summed E-state index contributed by atoms with van der Waals surface area (Å²) in [6.45, 7) is 12.9. The highest BCUT2D eigenvalue weighted by molar-refractivity contribution is 14.0. The lowest BCUT2D eigenvalue weighted by molar-refractivity contribution is 0.0963. The van der Waals surface area contributed by atoms with Crippen LogP contribution in [0.15, 0.2) is 4.99 Å². The first kappa shape index (κ1) is 25.2. The van der Waals surface area contributed by atoms with E-state index in [0.29, 0.717) is 12.6 Å². The summed E-state index contributed by atoms with van der Waals surface area (Å²) in [7, 11) is 4.18. The van der Waals surface area contributed by atoms with Crippen LogP contribution in [0.5, 0.6) is 0 Å². The number of nitrogens with one attached hydrogen (secondary N) is 2. The fourth-order valence-electron chi connectivity index (χ4n) is 3.13. The normalized spacial score (nSPS) is 16.3. The fraction of sp³-hybridized carbons (Fsp3) is 0.889. The Hall–Kier alpha value is -0.770. The lowest BCUT2D eigenvalue weighted by Crippen LogP contribution is -2.50. The quantitative estimate of drug-likeness (QED) is 0.331. The van der Waals surface area contributed by atoms with Gasteiger partial charge >= 0.3 is 6.09 Å². The largest absolute Gasteiger partial charge is 0.450 e. The van der Waals surface area contributed by atoms with Gasteiger partial charge in [-0.3, -0.25) is 4.99 Å². The molecule has 0 aromatic carbocycles. The van der Waals surface area contributed by atoms with Crippen LogP contribution in [0, 0.1) is 5.41 Å². The van der Waals surface area contributed by atoms with Gasteiger partial charge in [0.25, 0.3) is 0 Å². The van der Waals surface area contributed by atoms with Crippen LogP contribution in [-0.2, 0) is 4.74 Å². The minimum absolute atomic E-state index is 0. The fourth-order valence-corrected chi connectivity index (χ4v) is 3.13. The lowest BCUT2D eigenvalue weighted by Gasteiger charge is -2.32. The summed E-state index contributed by atoms with van der Waals surface area (Å²) in [5, 5.41) is 6.85. The summed E-state index contributed by atoms with van der Waals surface area (Å²) >= 11 is 0. The number of rotatable bonds is 7. The molecule has 0 spiro atoms. The summed E-state index contributed by atoms with van der Waals surface area (Å²) < 4.78 is 5.07. The van der Waals surface area contributed by atoms with Gasteiger partial charge in [0, 0.05) is 38.8 Å². The third-order valence-electron chi connectivity index (χ3n) is 4.12. The van der Waals surface area contributed by atoms with E-state index in [1.54, 1.807) is 4.90 Å². The van der Waals surface area contributed by atoms with Crippen molar-refractivity contribution in [3.63, 3.8) is 0 Å². The van der Waals surface area contributed by atoms with Gasteiger partial charge in [0.2, 0.25) is 0 Å². The van der Waals surface area contributed by atoms with Crippen molar-refractivity contribution in [3.8, 4) is 0 Å². The molecule has 1 aliphatic heterocycles. The number of hydrogen-bond acceptors (Lipinski definition) is 4. The second-order valence-electron chi connectivity index (χ2n) is 7.70. The van der Waals surface area contributed by atoms with Crippen LogP contribution >= 0.6 is 24.0 Å². The molecule has 0 unspecified atom stereocenters. The predicted octanol–water partition coefficient (Wildman–Crippen LogP) is 2.37. The van der Waals surface area contributed by atoms with E-state index in [2.05, 4.69) is 50.4 Å². The zero-order valence-corrected chi connectivity index (χ0v) is 19.6. The average Bonchev–Trinajstić information content (AvgIpc) is 2.52. The minimum Gasteiger partial charge on any atom is -0.450 e. The molecular weight excluding hydrogens is 445 g/mol. The minimum atomic E-state index is -0.202. The number of halogens is 1. The Bertz CT molecular complexity index is 435. The number of ether oxygens (including phenoxy) is 1. The number of hydrogen-bond donors (Lipinski definition) is 2. The first-order chi connectivity index (χ1) is 11.8. The monoisotopic (exact) mass is 483 g/mol. The molecule has 0 bridgehead atoms. The molecule has 1 heterocycles. The number of piperidine rings is 1. The molecule has 1 saturated heterocycles. The first-order valence-corrected chi connectivity index (χ1v) is 9.38. The summed E-state index contributed by atoms with van der Waals surface area (Å²) in [6.07, 6.45) is 1.61. The highest BCUT2D eigenvalue weighted by Crippen LogP contribution is 2.16. The van der Waals surface area contributed by atoms with Crippen LogP contribution in [0.25, 0.3) is 0 Å². The maximum absolute atomic E-state index is 11.8. The number of guanidine groups is 1. The second-order valence-corrected chi connectivity index (χ2v) is 7.70. The van der Waals surface area contributed by atoms with Crippen LogP contribution in [0.2, 0.25) is 0 Å². The third kappa shape index (κ3) is 9.80. The molecule has 0 atom stereocenters. The molecular formula is C18H38IN5O2. The molecule has 0 aromatic rings. The van der Waals surface area contributed by atoms with E-state index in [9.17, 15) is 4.79 Å². The SMILES string of the molecule is CCNC(=NCC(C)(C)CN(C)C)NC1CCN(C(=O)OCC)CC1.I. The number of carbonyl (C=O) groups is 1. The van der Waals surface area contributed by atoms with Gasteiger partial charge in [0.1, 0.15) is 0 Å². The summed E-state index contributed by atoms with van der Waals surface area (Å²) in [5.41, 5.74) is 0.124. The van der Waals surface area contributed by atoms with Crippen molar-refractivity contribution in [2.75, 3.05) is 53.4 Å². The number of carbonyl (C=O) groups excluding carboxylic acids is 1. The maximum Gasteiger partial charge on any atom is 0.409 e. The van der Waals surface area contributed by atoms with Crippen molar-refractivity contribution in [1.82, 2.24) is 20.4 Å². The van der Waals surface area contributed by atoms with Crippen LogP contribution in [0.1, 0.15) is 40.5 Å². The Morgan fingerprint density at radius 1 is 1.27 bits per heavy atom. The molecule has 7 nitrogen and oxygen atoms in total. The highest BCUT2D eigenvalue weighted by Gasteiger charge is 2.24. The number of nitrogens with zero attached hydrogens (tertiary/aromatic N) is 3. The van der Waals surface area contributed by atoms with E-state index >= 15 is 0 Å². The molecule has 0 saturated carbocycles.